The number of halogens is 2. The summed E-state index contributed by atoms with van der Waals surface area (Å²) in [6.45, 7) is 4.12. The summed E-state index contributed by atoms with van der Waals surface area (Å²) in [6, 6.07) is 26.2. The largest absolute Gasteiger partial charge is 0.488 e. The Balaban J connectivity index is 1.18. The van der Waals surface area contributed by atoms with Crippen molar-refractivity contribution >= 4 is 29.2 Å². The van der Waals surface area contributed by atoms with Gasteiger partial charge in [-0.2, -0.15) is 10.5 Å². The van der Waals surface area contributed by atoms with E-state index in [1.165, 1.54) is 12.4 Å². The maximum absolute atomic E-state index is 11.3. The Labute approximate surface area is 375 Å². The Hall–Kier alpha value is -6.67. The molecule has 0 saturated carbocycles. The van der Waals surface area contributed by atoms with Crippen LogP contribution in [0.15, 0.2) is 97.6 Å². The van der Waals surface area contributed by atoms with Crippen LogP contribution in [0.3, 0.4) is 0 Å². The molecule has 0 amide bonds. The van der Waals surface area contributed by atoms with E-state index in [-0.39, 0.29) is 46.1 Å². The van der Waals surface area contributed by atoms with E-state index in [9.17, 15) is 30.6 Å². The average Bonchev–Trinajstić information content (AvgIpc) is 3.29. The van der Waals surface area contributed by atoms with Crippen molar-refractivity contribution in [2.45, 2.75) is 66.1 Å². The molecule has 4 aromatic carbocycles. The fourth-order valence-corrected chi connectivity index (χ4v) is 7.46. The number of nitriles is 2. The molecule has 2 aromatic heterocycles. The van der Waals surface area contributed by atoms with E-state index in [1.54, 1.807) is 48.8 Å². The van der Waals surface area contributed by atoms with Crippen LogP contribution in [-0.4, -0.2) is 37.9 Å². The van der Waals surface area contributed by atoms with Gasteiger partial charge in [0.25, 0.3) is 0 Å². The Morgan fingerprint density at radius 3 is 1.59 bits per heavy atom. The van der Waals surface area contributed by atoms with E-state index in [2.05, 4.69) is 34.2 Å². The van der Waals surface area contributed by atoms with E-state index in [4.69, 9.17) is 42.1 Å². The first-order valence-corrected chi connectivity index (χ1v) is 20.7. The second kappa shape index (κ2) is 21.9. The number of carboxylic acids is 1. The monoisotopic (exact) mass is 886 g/mol. The second-order valence-corrected chi connectivity index (χ2v) is 15.7. The van der Waals surface area contributed by atoms with Crippen molar-refractivity contribution in [1.29, 1.82) is 10.5 Å². The van der Waals surface area contributed by atoms with Crippen molar-refractivity contribution in [3.05, 3.63) is 163 Å². The number of aromatic nitrogens is 2. The SMILES string of the molecule is Cc1c(COc2cc(OCc3cncc(C#N)c3)c(CO)cc2Cl)cccc1-c1cccc(COc2cc(OCc3cncc(C#N)c3)c(CC[C@@H](CO)CC(=O)O)cc2Cl)c1C. The normalized spacial score (nSPS) is 11.3. The molecule has 0 fully saturated rings. The highest BCUT2D eigenvalue weighted by atomic mass is 35.5. The topological polar surface area (TPSA) is 188 Å². The van der Waals surface area contributed by atoms with Gasteiger partial charge in [0.1, 0.15) is 61.6 Å². The van der Waals surface area contributed by atoms with E-state index in [1.807, 2.05) is 38.1 Å². The van der Waals surface area contributed by atoms with Gasteiger partial charge in [0, 0.05) is 60.2 Å². The van der Waals surface area contributed by atoms with Crippen LogP contribution in [-0.2, 0) is 44.2 Å². The fourth-order valence-electron chi connectivity index (χ4n) is 6.98. The van der Waals surface area contributed by atoms with Crippen LogP contribution in [0.4, 0.5) is 0 Å². The number of aryl methyl sites for hydroxylation is 1. The van der Waals surface area contributed by atoms with Crippen LogP contribution in [0.1, 0.15) is 68.5 Å². The summed E-state index contributed by atoms with van der Waals surface area (Å²) in [5, 5.41) is 48.3. The summed E-state index contributed by atoms with van der Waals surface area (Å²) in [7, 11) is 0. The number of hydrogen-bond acceptors (Lipinski definition) is 11. The van der Waals surface area contributed by atoms with Crippen molar-refractivity contribution in [3.63, 3.8) is 0 Å². The number of benzene rings is 4. The van der Waals surface area contributed by atoms with Gasteiger partial charge in [0.2, 0.25) is 0 Å². The Kier molecular flexibility index (Phi) is 15.9. The van der Waals surface area contributed by atoms with E-state index < -0.39 is 11.9 Å². The molecule has 0 saturated heterocycles. The highest BCUT2D eigenvalue weighted by molar-refractivity contribution is 6.32. The summed E-state index contributed by atoms with van der Waals surface area (Å²) in [5.41, 5.74) is 9.27. The van der Waals surface area contributed by atoms with E-state index in [0.29, 0.717) is 79.3 Å². The molecule has 322 valence electrons. The zero-order chi connectivity index (χ0) is 44.9. The lowest BCUT2D eigenvalue weighted by molar-refractivity contribution is -0.138. The van der Waals surface area contributed by atoms with Gasteiger partial charge in [-0.25, -0.2) is 0 Å². The van der Waals surface area contributed by atoms with Gasteiger partial charge in [-0.1, -0.05) is 59.6 Å². The molecule has 14 heteroatoms. The Morgan fingerprint density at radius 2 is 1.13 bits per heavy atom. The summed E-state index contributed by atoms with van der Waals surface area (Å²) in [6.07, 6.45) is 6.78. The molecule has 6 aromatic rings. The first-order valence-electron chi connectivity index (χ1n) is 19.9. The molecule has 0 radical (unpaired) electrons. The number of rotatable bonds is 20. The number of carbonyl (C=O) groups is 1. The number of ether oxygens (including phenoxy) is 4. The minimum Gasteiger partial charge on any atom is -0.488 e. The molecular weight excluding hydrogens is 843 g/mol. The van der Waals surface area contributed by atoms with Crippen molar-refractivity contribution in [2.24, 2.45) is 5.92 Å². The predicted molar refractivity (Wildman–Crippen MR) is 237 cm³/mol. The molecule has 0 spiro atoms. The highest BCUT2D eigenvalue weighted by Gasteiger charge is 2.19. The first kappa shape index (κ1) is 45.8. The molecule has 0 unspecified atom stereocenters. The van der Waals surface area contributed by atoms with Gasteiger partial charge in [-0.05, 0) is 95.8 Å². The number of aliphatic hydroxyl groups excluding tert-OH is 2. The average molecular weight is 888 g/mol. The lowest BCUT2D eigenvalue weighted by Crippen LogP contribution is -2.13. The molecule has 0 aliphatic carbocycles. The molecule has 2 heterocycles. The van der Waals surface area contributed by atoms with Gasteiger partial charge in [0.05, 0.1) is 34.2 Å². The second-order valence-electron chi connectivity index (χ2n) is 14.8. The maximum atomic E-state index is 11.3. The molecule has 1 atom stereocenters. The smallest absolute Gasteiger partial charge is 0.303 e. The predicted octanol–water partition coefficient (Wildman–Crippen LogP) is 9.63. The van der Waals surface area contributed by atoms with Gasteiger partial charge in [0.15, 0.2) is 0 Å². The van der Waals surface area contributed by atoms with Crippen molar-refractivity contribution in [2.75, 3.05) is 6.61 Å². The minimum absolute atomic E-state index is 0.108. The molecule has 12 nitrogen and oxygen atoms in total. The first-order chi connectivity index (χ1) is 30.5. The summed E-state index contributed by atoms with van der Waals surface area (Å²) in [4.78, 5) is 19.5. The highest BCUT2D eigenvalue weighted by Crippen LogP contribution is 2.38. The van der Waals surface area contributed by atoms with Crippen LogP contribution in [0.2, 0.25) is 10.0 Å². The number of carboxylic acid groups (broad SMARTS) is 1. The van der Waals surface area contributed by atoms with E-state index >= 15 is 0 Å². The summed E-state index contributed by atoms with van der Waals surface area (Å²) in [5.74, 6) is 0.190. The third-order valence-corrected chi connectivity index (χ3v) is 11.1. The molecule has 3 N–H and O–H groups in total. The van der Waals surface area contributed by atoms with E-state index in [0.717, 1.165) is 33.4 Å². The van der Waals surface area contributed by atoms with Gasteiger partial charge >= 0.3 is 5.97 Å². The molecule has 0 aliphatic rings. The zero-order valence-electron chi connectivity index (χ0n) is 34.6. The number of pyridine rings is 2. The van der Waals surface area contributed by atoms with Gasteiger partial charge in [-0.15, -0.1) is 0 Å². The number of aliphatic hydroxyl groups is 2. The standard InChI is InChI=1S/C49H44Cl2N4O8/c1-30-38(28-62-47-16-45(60-26-35-11-33(18-52)20-54-22-35)37(14-43(47)50)10-9-32(24-56)13-49(58)59)5-3-7-41(30)42-8-4-6-39(31(42)2)29-63-48-17-46(40(25-57)15-44(48)51)61-27-36-12-34(19-53)21-55-23-36/h3-8,11-12,14-17,20-23,32,56-57H,9-10,13,24-29H2,1-2H3,(H,58,59)/t32-/m1/s1. The van der Waals surface area contributed by atoms with Crippen molar-refractivity contribution in [3.8, 4) is 46.3 Å². The summed E-state index contributed by atoms with van der Waals surface area (Å²) < 4.78 is 24.9. The fraction of sp³-hybridized carbons (Fsp3) is 0.245. The van der Waals surface area contributed by atoms with Crippen molar-refractivity contribution in [1.82, 2.24) is 9.97 Å². The lowest BCUT2D eigenvalue weighted by atomic mass is 9.92. The number of aliphatic carboxylic acids is 1. The quantitative estimate of drug-likeness (QED) is 0.0660. The zero-order valence-corrected chi connectivity index (χ0v) is 36.1. The third-order valence-electron chi connectivity index (χ3n) is 10.5. The third kappa shape index (κ3) is 12.0. The van der Waals surface area contributed by atoms with Crippen LogP contribution >= 0.6 is 23.2 Å². The molecule has 63 heavy (non-hydrogen) atoms. The Bertz CT molecular complexity index is 2680. The molecule has 0 aliphatic heterocycles. The Morgan fingerprint density at radius 1 is 0.651 bits per heavy atom. The molecule has 6 rings (SSSR count). The minimum atomic E-state index is -0.988. The maximum Gasteiger partial charge on any atom is 0.303 e. The van der Waals surface area contributed by atoms with Crippen LogP contribution in [0.5, 0.6) is 23.0 Å². The van der Waals surface area contributed by atoms with Crippen LogP contribution in [0.25, 0.3) is 11.1 Å². The number of nitrogens with zero attached hydrogens (tertiary/aromatic N) is 4. The molecule has 0 bridgehead atoms. The van der Waals surface area contributed by atoms with Crippen LogP contribution < -0.4 is 18.9 Å². The van der Waals surface area contributed by atoms with Crippen LogP contribution in [0, 0.1) is 42.4 Å². The van der Waals surface area contributed by atoms with Crippen molar-refractivity contribution < 1.29 is 39.1 Å². The summed E-state index contributed by atoms with van der Waals surface area (Å²) >= 11 is 13.4. The van der Waals surface area contributed by atoms with Gasteiger partial charge in [-0.3, -0.25) is 14.8 Å². The molecular formula is C49H44Cl2N4O8. The van der Waals surface area contributed by atoms with Gasteiger partial charge < -0.3 is 34.3 Å². The number of hydrogen-bond donors (Lipinski definition) is 3. The lowest BCUT2D eigenvalue weighted by Gasteiger charge is -2.19.